The van der Waals surface area contributed by atoms with Crippen molar-refractivity contribution in [3.05, 3.63) is 83.6 Å². The fourth-order valence-electron chi connectivity index (χ4n) is 2.65. The molecule has 1 amide bonds. The summed E-state index contributed by atoms with van der Waals surface area (Å²) in [5.74, 6) is 1.52. The Morgan fingerprint density at radius 3 is 2.59 bits per heavy atom. The van der Waals surface area contributed by atoms with Gasteiger partial charge >= 0.3 is 0 Å². The van der Waals surface area contributed by atoms with Crippen molar-refractivity contribution < 1.29 is 13.9 Å². The highest BCUT2D eigenvalue weighted by Gasteiger charge is 2.09. The minimum Gasteiger partial charge on any atom is -0.484 e. The number of hydrogen-bond acceptors (Lipinski definition) is 5. The van der Waals surface area contributed by atoms with Gasteiger partial charge in [-0.1, -0.05) is 11.6 Å². The van der Waals surface area contributed by atoms with Gasteiger partial charge in [-0.2, -0.15) is 5.10 Å². The summed E-state index contributed by atoms with van der Waals surface area (Å²) in [6.45, 7) is 0.189. The van der Waals surface area contributed by atoms with E-state index < -0.39 is 0 Å². The lowest BCUT2D eigenvalue weighted by atomic mass is 10.2. The summed E-state index contributed by atoms with van der Waals surface area (Å²) >= 11 is 5.90. The Bertz CT molecular complexity index is 1120. The molecule has 29 heavy (non-hydrogen) atoms. The second-order valence-electron chi connectivity index (χ2n) is 6.29. The fraction of sp³-hybridized carbons (Fsp3) is 0.0952. The van der Waals surface area contributed by atoms with Crippen molar-refractivity contribution >= 4 is 23.2 Å². The second kappa shape index (κ2) is 8.20. The van der Waals surface area contributed by atoms with Gasteiger partial charge in [-0.25, -0.2) is 4.98 Å². The molecule has 0 unspecified atom stereocenters. The maximum atomic E-state index is 12.1. The number of aromatic nitrogens is 3. The number of oxazole rings is 1. The molecular weight excluding hydrogens is 392 g/mol. The molecule has 0 aliphatic heterocycles. The van der Waals surface area contributed by atoms with E-state index in [-0.39, 0.29) is 12.5 Å². The van der Waals surface area contributed by atoms with E-state index in [9.17, 15) is 4.79 Å². The van der Waals surface area contributed by atoms with Gasteiger partial charge in [0.1, 0.15) is 5.75 Å². The number of ether oxygens (including phenoxy) is 1. The van der Waals surface area contributed by atoms with Crippen molar-refractivity contribution in [1.82, 2.24) is 14.8 Å². The van der Waals surface area contributed by atoms with Crippen molar-refractivity contribution in [2.75, 3.05) is 5.32 Å². The van der Waals surface area contributed by atoms with Crippen LogP contribution < -0.4 is 10.1 Å². The molecule has 2 aromatic heterocycles. The second-order valence-corrected chi connectivity index (χ2v) is 6.73. The minimum atomic E-state index is -0.221. The minimum absolute atomic E-state index is 0.189. The zero-order valence-corrected chi connectivity index (χ0v) is 16.3. The number of nitrogens with zero attached hydrogens (tertiary/aromatic N) is 3. The molecule has 2 aromatic carbocycles. The van der Waals surface area contributed by atoms with Gasteiger partial charge in [0.15, 0.2) is 12.4 Å². The number of amides is 1. The first-order valence-electron chi connectivity index (χ1n) is 8.80. The fourth-order valence-corrected chi connectivity index (χ4v) is 2.77. The average Bonchev–Trinajstić information content (AvgIpc) is 3.37. The predicted molar refractivity (Wildman–Crippen MR) is 109 cm³/mol. The van der Waals surface area contributed by atoms with Gasteiger partial charge in [0.25, 0.3) is 5.91 Å². The van der Waals surface area contributed by atoms with Gasteiger partial charge in [-0.15, -0.1) is 0 Å². The lowest BCUT2D eigenvalue weighted by Crippen LogP contribution is -2.10. The Labute approximate surface area is 171 Å². The van der Waals surface area contributed by atoms with Crippen molar-refractivity contribution in [1.29, 1.82) is 0 Å². The Morgan fingerprint density at radius 1 is 1.14 bits per heavy atom. The summed E-state index contributed by atoms with van der Waals surface area (Å²) in [7, 11) is 1.76. The first kappa shape index (κ1) is 18.8. The average molecular weight is 409 g/mol. The van der Waals surface area contributed by atoms with Crippen LogP contribution in [0.15, 0.2) is 71.5 Å². The Morgan fingerprint density at radius 2 is 1.90 bits per heavy atom. The first-order chi connectivity index (χ1) is 14.1. The summed E-state index contributed by atoms with van der Waals surface area (Å²) < 4.78 is 13.0. The van der Waals surface area contributed by atoms with Crippen LogP contribution in [0.25, 0.3) is 11.3 Å². The van der Waals surface area contributed by atoms with Crippen LogP contribution in [-0.4, -0.2) is 20.7 Å². The third-order valence-electron chi connectivity index (χ3n) is 4.12. The molecule has 0 aliphatic carbocycles. The van der Waals surface area contributed by atoms with E-state index in [1.807, 2.05) is 12.1 Å². The Hall–Kier alpha value is -3.58. The zero-order chi connectivity index (χ0) is 20.2. The molecule has 2 heterocycles. The molecule has 0 aliphatic rings. The summed E-state index contributed by atoms with van der Waals surface area (Å²) in [5, 5.41) is 7.46. The molecular formula is C21H17ClN4O3. The summed E-state index contributed by atoms with van der Waals surface area (Å²) in [6.07, 6.45) is 4.82. The Kier molecular flexibility index (Phi) is 5.31. The number of nitrogens with one attached hydrogen (secondary N) is 1. The quantitative estimate of drug-likeness (QED) is 0.505. The van der Waals surface area contributed by atoms with Gasteiger partial charge in [0.2, 0.25) is 5.89 Å². The largest absolute Gasteiger partial charge is 0.484 e. The highest BCUT2D eigenvalue weighted by atomic mass is 35.5. The molecule has 0 saturated heterocycles. The third kappa shape index (κ3) is 4.64. The Balaban J connectivity index is 1.33. The molecule has 0 saturated carbocycles. The number of rotatable bonds is 6. The number of halogens is 1. The van der Waals surface area contributed by atoms with Crippen molar-refractivity contribution in [2.24, 2.45) is 7.05 Å². The van der Waals surface area contributed by atoms with E-state index >= 15 is 0 Å². The first-order valence-corrected chi connectivity index (χ1v) is 9.18. The highest BCUT2D eigenvalue weighted by Crippen LogP contribution is 2.23. The number of carbonyl (C=O) groups excluding carboxylic acids is 1. The number of benzene rings is 2. The summed E-state index contributed by atoms with van der Waals surface area (Å²) in [6, 6.07) is 14.4. The zero-order valence-electron chi connectivity index (χ0n) is 15.5. The maximum absolute atomic E-state index is 12.1. The number of anilines is 1. The lowest BCUT2D eigenvalue weighted by Gasteiger charge is -2.06. The van der Waals surface area contributed by atoms with Crippen LogP contribution in [0.4, 0.5) is 5.69 Å². The highest BCUT2D eigenvalue weighted by molar-refractivity contribution is 6.30. The molecule has 0 atom stereocenters. The molecule has 0 fully saturated rings. The van der Waals surface area contributed by atoms with E-state index in [2.05, 4.69) is 15.4 Å². The predicted octanol–water partition coefficient (Wildman–Crippen LogP) is 4.56. The normalized spacial score (nSPS) is 10.7. The summed E-state index contributed by atoms with van der Waals surface area (Å²) in [5.41, 5.74) is 2.04. The van der Waals surface area contributed by atoms with Crippen molar-refractivity contribution in [2.45, 2.75) is 6.61 Å². The molecule has 0 radical (unpaired) electrons. The van der Waals surface area contributed by atoms with Crippen LogP contribution in [0.2, 0.25) is 5.02 Å². The van der Waals surface area contributed by atoms with Crippen LogP contribution in [0.1, 0.15) is 16.2 Å². The van der Waals surface area contributed by atoms with Crippen molar-refractivity contribution in [3.63, 3.8) is 0 Å². The molecule has 4 aromatic rings. The van der Waals surface area contributed by atoms with Crippen LogP contribution in [0.3, 0.4) is 0 Å². The molecule has 0 bridgehead atoms. The number of hydrogen-bond donors (Lipinski definition) is 1. The van der Waals surface area contributed by atoms with Gasteiger partial charge in [-0.3, -0.25) is 9.48 Å². The van der Waals surface area contributed by atoms with Gasteiger partial charge in [0, 0.05) is 29.5 Å². The third-order valence-corrected chi connectivity index (χ3v) is 4.38. The van der Waals surface area contributed by atoms with Crippen LogP contribution >= 0.6 is 11.6 Å². The topological polar surface area (TPSA) is 82.2 Å². The van der Waals surface area contributed by atoms with Crippen molar-refractivity contribution in [3.8, 4) is 17.1 Å². The summed E-state index contributed by atoms with van der Waals surface area (Å²) in [4.78, 5) is 16.4. The molecule has 7 nitrogen and oxygen atoms in total. The number of aryl methyl sites for hydroxylation is 1. The molecule has 4 rings (SSSR count). The maximum Gasteiger partial charge on any atom is 0.258 e. The molecule has 0 spiro atoms. The standard InChI is InChI=1S/C21H17ClN4O3/c1-26-12-15(10-24-26)21(27)25-17-6-8-18(9-7-17)28-13-20-23-11-19(29-20)14-2-4-16(22)5-3-14/h2-12H,13H2,1H3,(H,25,27). The van der Waals surface area contributed by atoms with Gasteiger partial charge in [-0.05, 0) is 48.5 Å². The molecule has 146 valence electrons. The molecule has 8 heteroatoms. The lowest BCUT2D eigenvalue weighted by molar-refractivity contribution is 0.102. The van der Waals surface area contributed by atoms with E-state index in [0.29, 0.717) is 33.7 Å². The van der Waals surface area contributed by atoms with E-state index in [0.717, 1.165) is 5.56 Å². The van der Waals surface area contributed by atoms with Gasteiger partial charge in [0.05, 0.1) is 18.0 Å². The van der Waals surface area contributed by atoms with Gasteiger partial charge < -0.3 is 14.5 Å². The monoisotopic (exact) mass is 408 g/mol. The SMILES string of the molecule is Cn1cc(C(=O)Nc2ccc(OCc3ncc(-c4ccc(Cl)cc4)o3)cc2)cn1. The van der Waals surface area contributed by atoms with E-state index in [1.165, 1.54) is 6.20 Å². The molecule has 1 N–H and O–H groups in total. The van der Waals surface area contributed by atoms with E-state index in [1.54, 1.807) is 60.5 Å². The van der Waals surface area contributed by atoms with Crippen LogP contribution in [0.5, 0.6) is 5.75 Å². The number of carbonyl (C=O) groups is 1. The smallest absolute Gasteiger partial charge is 0.258 e. The van der Waals surface area contributed by atoms with Crippen LogP contribution in [0, 0.1) is 0 Å². The van der Waals surface area contributed by atoms with Crippen LogP contribution in [-0.2, 0) is 13.7 Å². The van der Waals surface area contributed by atoms with E-state index in [4.69, 9.17) is 20.8 Å².